The Balaban J connectivity index is 1.51. The van der Waals surface area contributed by atoms with Crippen LogP contribution in [0.15, 0.2) is 59.4 Å². The SMILES string of the molecule is Cn1c(CN2CCOC(Cc3ccccc3)C2)nc2ccccc2c1=O. The van der Waals surface area contributed by atoms with Crippen molar-refractivity contribution in [3.63, 3.8) is 0 Å². The number of fused-ring (bicyclic) bond motifs is 1. The number of aromatic nitrogens is 2. The van der Waals surface area contributed by atoms with Crippen LogP contribution in [0, 0.1) is 0 Å². The average molecular weight is 349 g/mol. The van der Waals surface area contributed by atoms with Crippen molar-refractivity contribution in [1.29, 1.82) is 0 Å². The molecule has 0 N–H and O–H groups in total. The molecule has 1 fully saturated rings. The van der Waals surface area contributed by atoms with Crippen molar-refractivity contribution in [1.82, 2.24) is 14.5 Å². The summed E-state index contributed by atoms with van der Waals surface area (Å²) < 4.78 is 7.61. The number of hydrogen-bond donors (Lipinski definition) is 0. The molecule has 1 aromatic heterocycles. The molecule has 3 aromatic rings. The monoisotopic (exact) mass is 349 g/mol. The van der Waals surface area contributed by atoms with Crippen LogP contribution in [0.2, 0.25) is 0 Å². The van der Waals surface area contributed by atoms with Crippen LogP contribution in [-0.4, -0.2) is 40.3 Å². The van der Waals surface area contributed by atoms with Gasteiger partial charge in [0, 0.05) is 20.1 Å². The van der Waals surface area contributed by atoms with Crippen LogP contribution in [0.1, 0.15) is 11.4 Å². The first kappa shape index (κ1) is 16.9. The van der Waals surface area contributed by atoms with Gasteiger partial charge in [-0.25, -0.2) is 4.98 Å². The van der Waals surface area contributed by atoms with Gasteiger partial charge in [0.25, 0.3) is 5.56 Å². The quantitative estimate of drug-likeness (QED) is 0.726. The molecule has 1 unspecified atom stereocenters. The van der Waals surface area contributed by atoms with Gasteiger partial charge in [0.15, 0.2) is 0 Å². The van der Waals surface area contributed by atoms with Crippen LogP contribution in [0.5, 0.6) is 0 Å². The largest absolute Gasteiger partial charge is 0.375 e. The predicted octanol–water partition coefficient (Wildman–Crippen LogP) is 2.38. The summed E-state index contributed by atoms with van der Waals surface area (Å²) in [5.41, 5.74) is 2.06. The number of rotatable bonds is 4. The second kappa shape index (κ2) is 7.40. The minimum atomic E-state index is 0.0136. The number of nitrogens with zero attached hydrogens (tertiary/aromatic N) is 3. The van der Waals surface area contributed by atoms with Crippen LogP contribution < -0.4 is 5.56 Å². The van der Waals surface area contributed by atoms with Crippen LogP contribution in [-0.2, 0) is 24.8 Å². The Morgan fingerprint density at radius 2 is 1.88 bits per heavy atom. The maximum atomic E-state index is 12.6. The lowest BCUT2D eigenvalue weighted by Gasteiger charge is -2.33. The van der Waals surface area contributed by atoms with E-state index in [-0.39, 0.29) is 11.7 Å². The molecule has 0 bridgehead atoms. The normalized spacial score (nSPS) is 18.3. The maximum Gasteiger partial charge on any atom is 0.261 e. The van der Waals surface area contributed by atoms with Gasteiger partial charge in [-0.05, 0) is 24.1 Å². The van der Waals surface area contributed by atoms with Gasteiger partial charge < -0.3 is 4.74 Å². The molecule has 4 rings (SSSR count). The van der Waals surface area contributed by atoms with Crippen molar-refractivity contribution in [3.05, 3.63) is 76.3 Å². The third kappa shape index (κ3) is 3.54. The lowest BCUT2D eigenvalue weighted by molar-refractivity contribution is -0.0315. The fourth-order valence-electron chi connectivity index (χ4n) is 3.53. The van der Waals surface area contributed by atoms with Crippen molar-refractivity contribution < 1.29 is 4.74 Å². The summed E-state index contributed by atoms with van der Waals surface area (Å²) in [5.74, 6) is 0.800. The smallest absolute Gasteiger partial charge is 0.261 e. The molecule has 1 aliphatic rings. The molecule has 1 saturated heterocycles. The number of morpholine rings is 1. The van der Waals surface area contributed by atoms with Crippen molar-refractivity contribution in [2.75, 3.05) is 19.7 Å². The molecule has 1 aliphatic heterocycles. The molecule has 5 heteroatoms. The van der Waals surface area contributed by atoms with Crippen LogP contribution in [0.3, 0.4) is 0 Å². The average Bonchev–Trinajstić information content (AvgIpc) is 2.67. The summed E-state index contributed by atoms with van der Waals surface area (Å²) in [6.45, 7) is 3.07. The highest BCUT2D eigenvalue weighted by Crippen LogP contribution is 2.14. The van der Waals surface area contributed by atoms with E-state index < -0.39 is 0 Å². The Morgan fingerprint density at radius 3 is 2.73 bits per heavy atom. The Hall–Kier alpha value is -2.50. The first-order chi connectivity index (χ1) is 12.7. The fourth-order valence-corrected chi connectivity index (χ4v) is 3.53. The van der Waals surface area contributed by atoms with Gasteiger partial charge in [-0.15, -0.1) is 0 Å². The summed E-state index contributed by atoms with van der Waals surface area (Å²) in [6, 6.07) is 18.0. The standard InChI is InChI=1S/C21H23N3O2/c1-23-20(22-19-10-6-5-9-18(19)21(23)25)15-24-11-12-26-17(14-24)13-16-7-3-2-4-8-16/h2-10,17H,11-15H2,1H3. The topological polar surface area (TPSA) is 47.4 Å². The summed E-state index contributed by atoms with van der Waals surface area (Å²) in [4.78, 5) is 19.6. The van der Waals surface area contributed by atoms with Crippen molar-refractivity contribution >= 4 is 10.9 Å². The zero-order valence-electron chi connectivity index (χ0n) is 15.0. The van der Waals surface area contributed by atoms with Crippen LogP contribution in [0.25, 0.3) is 10.9 Å². The van der Waals surface area contributed by atoms with E-state index in [1.807, 2.05) is 30.3 Å². The minimum absolute atomic E-state index is 0.0136. The van der Waals surface area contributed by atoms with Gasteiger partial charge in [-0.2, -0.15) is 0 Å². The van der Waals surface area contributed by atoms with E-state index in [1.165, 1.54) is 5.56 Å². The Labute approximate surface area is 152 Å². The summed E-state index contributed by atoms with van der Waals surface area (Å²) in [5, 5.41) is 0.669. The van der Waals surface area contributed by atoms with E-state index >= 15 is 0 Å². The molecule has 0 spiro atoms. The van der Waals surface area contributed by atoms with E-state index in [1.54, 1.807) is 11.6 Å². The maximum absolute atomic E-state index is 12.6. The molecule has 0 amide bonds. The second-order valence-corrected chi connectivity index (χ2v) is 6.83. The van der Waals surface area contributed by atoms with Crippen molar-refractivity contribution in [3.8, 4) is 0 Å². The molecule has 5 nitrogen and oxygen atoms in total. The highest BCUT2D eigenvalue weighted by atomic mass is 16.5. The molecule has 2 heterocycles. The number of para-hydroxylation sites is 1. The zero-order valence-corrected chi connectivity index (χ0v) is 15.0. The lowest BCUT2D eigenvalue weighted by atomic mass is 10.1. The van der Waals surface area contributed by atoms with Gasteiger partial charge >= 0.3 is 0 Å². The van der Waals surface area contributed by atoms with Crippen LogP contribution >= 0.6 is 0 Å². The van der Waals surface area contributed by atoms with Gasteiger partial charge in [0.1, 0.15) is 5.82 Å². The Bertz CT molecular complexity index is 952. The molecule has 134 valence electrons. The Kier molecular flexibility index (Phi) is 4.82. The molecule has 0 saturated carbocycles. The predicted molar refractivity (Wildman–Crippen MR) is 102 cm³/mol. The molecule has 2 aromatic carbocycles. The van der Waals surface area contributed by atoms with E-state index in [4.69, 9.17) is 9.72 Å². The van der Waals surface area contributed by atoms with E-state index in [0.29, 0.717) is 18.5 Å². The van der Waals surface area contributed by atoms with Gasteiger partial charge in [-0.3, -0.25) is 14.3 Å². The summed E-state index contributed by atoms with van der Waals surface area (Å²) in [7, 11) is 1.80. The summed E-state index contributed by atoms with van der Waals surface area (Å²) >= 11 is 0. The third-order valence-corrected chi connectivity index (χ3v) is 4.97. The summed E-state index contributed by atoms with van der Waals surface area (Å²) in [6.07, 6.45) is 1.07. The molecule has 0 radical (unpaired) electrons. The minimum Gasteiger partial charge on any atom is -0.375 e. The lowest BCUT2D eigenvalue weighted by Crippen LogP contribution is -2.43. The zero-order chi connectivity index (χ0) is 17.9. The highest BCUT2D eigenvalue weighted by molar-refractivity contribution is 5.77. The number of ether oxygens (including phenoxy) is 1. The second-order valence-electron chi connectivity index (χ2n) is 6.83. The van der Waals surface area contributed by atoms with Crippen molar-refractivity contribution in [2.45, 2.75) is 19.1 Å². The molecular formula is C21H23N3O2. The van der Waals surface area contributed by atoms with Crippen LogP contribution in [0.4, 0.5) is 0 Å². The molecular weight excluding hydrogens is 326 g/mol. The third-order valence-electron chi connectivity index (χ3n) is 4.97. The fraction of sp³-hybridized carbons (Fsp3) is 0.333. The van der Waals surface area contributed by atoms with Gasteiger partial charge in [-0.1, -0.05) is 42.5 Å². The van der Waals surface area contributed by atoms with Gasteiger partial charge in [0.05, 0.1) is 30.2 Å². The van der Waals surface area contributed by atoms with E-state index in [9.17, 15) is 4.79 Å². The molecule has 26 heavy (non-hydrogen) atoms. The molecule has 1 atom stereocenters. The number of hydrogen-bond acceptors (Lipinski definition) is 4. The van der Waals surface area contributed by atoms with Crippen molar-refractivity contribution in [2.24, 2.45) is 7.05 Å². The van der Waals surface area contributed by atoms with Gasteiger partial charge in [0.2, 0.25) is 0 Å². The first-order valence-corrected chi connectivity index (χ1v) is 9.03. The van der Waals surface area contributed by atoms with E-state index in [2.05, 4.69) is 29.2 Å². The molecule has 0 aliphatic carbocycles. The Morgan fingerprint density at radius 1 is 1.12 bits per heavy atom. The highest BCUT2D eigenvalue weighted by Gasteiger charge is 2.22. The number of benzene rings is 2. The first-order valence-electron chi connectivity index (χ1n) is 9.03. The van der Waals surface area contributed by atoms with E-state index in [0.717, 1.165) is 30.9 Å².